The molecule has 3 fully saturated rings. The van der Waals surface area contributed by atoms with Crippen LogP contribution in [0.15, 0.2) is 145 Å². The fourth-order valence-corrected chi connectivity index (χ4v) is 20.4. The van der Waals surface area contributed by atoms with E-state index < -0.39 is 36.3 Å². The number of Topliss-reactive ketones (excluding diaryl/α,β-unsaturated/α-hetero) is 5. The summed E-state index contributed by atoms with van der Waals surface area (Å²) in [5, 5.41) is 19.0. The van der Waals surface area contributed by atoms with Crippen LogP contribution in [0.5, 0.6) is 0 Å². The van der Waals surface area contributed by atoms with Crippen molar-refractivity contribution in [1.82, 2.24) is 61.5 Å². The molecule has 3 aliphatic heterocycles. The lowest BCUT2D eigenvalue weighted by atomic mass is 9.97. The Kier molecular flexibility index (Phi) is 40.2. The van der Waals surface area contributed by atoms with Gasteiger partial charge < -0.3 is 46.5 Å². The van der Waals surface area contributed by atoms with Gasteiger partial charge in [-0.2, -0.15) is 0 Å². The van der Waals surface area contributed by atoms with Crippen molar-refractivity contribution in [2.24, 2.45) is 17.6 Å². The first-order valence-corrected chi connectivity index (χ1v) is 50.0. The average Bonchev–Trinajstić information content (AvgIpc) is 1.70. The van der Waals surface area contributed by atoms with Gasteiger partial charge in [0.25, 0.3) is 11.8 Å². The topological polar surface area (TPSA) is 375 Å². The maximum absolute atomic E-state index is 13.0. The van der Waals surface area contributed by atoms with Crippen molar-refractivity contribution < 1.29 is 62.2 Å². The highest BCUT2D eigenvalue weighted by Gasteiger charge is 2.35. The summed E-state index contributed by atoms with van der Waals surface area (Å²) in [6.45, 7) is 12.1. The van der Waals surface area contributed by atoms with Gasteiger partial charge in [0.2, 0.25) is 46.6 Å². The molecule has 0 radical (unpaired) electrons. The number of nitrogens with one attached hydrogen (secondary N) is 5. The zero-order valence-corrected chi connectivity index (χ0v) is 78.0. The molecule has 7 aromatic heterocycles. The van der Waals surface area contributed by atoms with Crippen molar-refractivity contribution in [2.75, 3.05) is 39.6 Å². The number of thiazole rings is 7. The molecule has 26 nitrogen and oxygen atoms in total. The van der Waals surface area contributed by atoms with Gasteiger partial charge in [0.15, 0.2) is 30.0 Å². The van der Waals surface area contributed by atoms with Gasteiger partial charge in [0, 0.05) is 43.9 Å². The van der Waals surface area contributed by atoms with Crippen LogP contribution in [0.2, 0.25) is 0 Å². The van der Waals surface area contributed by atoms with Crippen LogP contribution in [-0.4, -0.2) is 169 Å². The molecule has 0 bridgehead atoms. The van der Waals surface area contributed by atoms with Crippen molar-refractivity contribution in [3.8, 4) is 0 Å². The number of fused-ring (bicyclic) bond motifs is 5. The Bertz CT molecular complexity index is 5080. The predicted octanol–water partition coefficient (Wildman–Crippen LogP) is 18.8. The molecule has 5 amide bonds. The number of hydrogen-bond acceptors (Lipinski definition) is 28. The van der Waals surface area contributed by atoms with Gasteiger partial charge in [0.05, 0.1) is 106 Å². The van der Waals surface area contributed by atoms with E-state index in [2.05, 4.69) is 89.2 Å². The first-order valence-electron chi connectivity index (χ1n) is 44.2. The molecule has 3 aliphatic rings. The first kappa shape index (κ1) is 98.0. The summed E-state index contributed by atoms with van der Waals surface area (Å²) < 4.78 is 21.1. The van der Waals surface area contributed by atoms with Crippen LogP contribution in [0, 0.1) is 11.8 Å². The monoisotopic (exact) mass is 1860 g/mol. The Balaban J connectivity index is 0.000000154. The number of nitrogens with two attached hydrogens (primary N) is 1. The summed E-state index contributed by atoms with van der Waals surface area (Å²) in [7, 11) is 0. The Morgan fingerprint density at radius 3 is 1.08 bits per heavy atom. The zero-order chi connectivity index (χ0) is 89.7. The van der Waals surface area contributed by atoms with Crippen LogP contribution in [0.25, 0.3) is 51.1 Å². The van der Waals surface area contributed by atoms with E-state index in [1.54, 1.807) is 17.1 Å². The number of ketones is 5. The lowest BCUT2D eigenvalue weighted by Crippen LogP contribution is -2.45. The van der Waals surface area contributed by atoms with Crippen LogP contribution in [-0.2, 0) is 28.6 Å². The van der Waals surface area contributed by atoms with Gasteiger partial charge in [-0.15, -0.1) is 79.4 Å². The van der Waals surface area contributed by atoms with Gasteiger partial charge in [-0.3, -0.25) is 52.9 Å². The van der Waals surface area contributed by atoms with Crippen molar-refractivity contribution >= 4 is 189 Å². The number of rotatable bonds is 40. The zero-order valence-electron chi connectivity index (χ0n) is 72.3. The molecule has 33 heteroatoms. The smallest absolute Gasteiger partial charge is 0.280 e. The molecular formula is C94H113N13O13S7. The molecular weight excluding hydrogens is 1740 g/mol. The van der Waals surface area contributed by atoms with Gasteiger partial charge in [0.1, 0.15) is 11.0 Å². The number of nitrogens with zero attached hydrogens (tertiary/aromatic N) is 7. The van der Waals surface area contributed by atoms with E-state index in [1.807, 2.05) is 121 Å². The van der Waals surface area contributed by atoms with E-state index in [0.717, 1.165) is 179 Å². The summed E-state index contributed by atoms with van der Waals surface area (Å²) >= 11 is 9.43. The van der Waals surface area contributed by atoms with Crippen molar-refractivity contribution in [3.63, 3.8) is 0 Å². The van der Waals surface area contributed by atoms with Crippen LogP contribution < -0.4 is 32.3 Å². The van der Waals surface area contributed by atoms with Crippen molar-refractivity contribution in [3.05, 3.63) is 180 Å². The quantitative estimate of drug-likeness (QED) is 0.0153. The summed E-state index contributed by atoms with van der Waals surface area (Å²) in [4.78, 5) is 158. The first-order chi connectivity index (χ1) is 61.9. The van der Waals surface area contributed by atoms with E-state index in [4.69, 9.17) is 19.9 Å². The summed E-state index contributed by atoms with van der Waals surface area (Å²) in [6.07, 6.45) is 24.2. The lowest BCUT2D eigenvalue weighted by molar-refractivity contribution is -0.131. The number of carbonyl (C=O) groups is 10. The number of carbonyl (C=O) groups excluding carboxylic acids is 10. The third-order valence-corrected chi connectivity index (χ3v) is 28.4. The lowest BCUT2D eigenvalue weighted by Gasteiger charge is -2.24. The van der Waals surface area contributed by atoms with Crippen molar-refractivity contribution in [1.29, 1.82) is 0 Å². The average molecular weight is 1860 g/mol. The number of unbranched alkanes of at least 4 members (excludes halogenated alkanes) is 9. The molecule has 15 rings (SSSR count). The number of hydrogen-bond donors (Lipinski definition) is 6. The second-order valence-electron chi connectivity index (χ2n) is 31.3. The van der Waals surface area contributed by atoms with E-state index >= 15 is 0 Å². The highest BCUT2D eigenvalue weighted by molar-refractivity contribution is 7.22. The second-order valence-corrected chi connectivity index (χ2v) is 38.2. The molecule has 0 saturated carbocycles. The molecule has 5 aromatic carbocycles. The minimum atomic E-state index is -0.610. The van der Waals surface area contributed by atoms with E-state index in [-0.39, 0.29) is 70.3 Å². The Morgan fingerprint density at radius 1 is 0.386 bits per heavy atom. The third kappa shape index (κ3) is 29.4. The predicted molar refractivity (Wildman–Crippen MR) is 508 cm³/mol. The maximum atomic E-state index is 13.0. The Hall–Kier alpha value is -9.65. The summed E-state index contributed by atoms with van der Waals surface area (Å²) in [5.74, 6) is -1.57. The minimum Gasteiger partial charge on any atom is -0.381 e. The maximum Gasteiger partial charge on any atom is 0.280 e. The minimum absolute atomic E-state index is 0.0238. The van der Waals surface area contributed by atoms with Crippen LogP contribution >= 0.6 is 79.4 Å². The van der Waals surface area contributed by atoms with Crippen LogP contribution in [0.1, 0.15) is 257 Å². The molecule has 12 aromatic rings. The number of aromatic nitrogens is 7. The third-order valence-electron chi connectivity index (χ3n) is 21.6. The standard InChI is InChI=1S/2C20H26N2O3S.C19H24N2O3S.C18H19N3O2S2.C17H18N4O2S2/c1-2-3-4-10-16(21-19(24)14-8-7-12-25-13-14)18(23)20-22-15-9-5-6-11-17(15)26-20;1-2-3-4-8-16(21-19(24)14-10-12-25-13-11-14)18(23)20-22-15-7-5-6-9-17(15)26-20;1-2-3-4-9-14(20-18(23)15-10-7-12-24-15)17(22)19-21-13-8-5-6-11-16(13)25-19;1-2-3-4-8-13(20-16(23)18-19-10-11-24-18)15(22)17-21-12-7-5-6-9-14(12)25-17;18-8-4-3-6-12(20-16(23)14-9-19-10-24-14)15(22)17-21-11-5-1-2-7-13(11)25-17/h5-6,9,11,14,16H,2-4,7-8,10,12-13H2,1H3,(H,21,24);5-7,9,14,16H,2-4,8,10-13H2,1H3,(H,21,24);5-6,8,11,14-15H,2-4,7,9-10,12H2,1H3,(H,20,23);5-7,9-11,13H,2-4,8H2,1H3,(H,20,23);1-2,5,7,9-10,12H,3-4,6,8,18H2,(H,20,23)/t14?,16-;16-;14-,15?;13-;12-/m00000/s1. The molecule has 10 heterocycles. The van der Waals surface area contributed by atoms with Gasteiger partial charge in [-0.1, -0.05) is 165 Å². The van der Waals surface area contributed by atoms with Gasteiger partial charge in [-0.05, 0) is 151 Å². The fourth-order valence-electron chi connectivity index (χ4n) is 14.5. The molecule has 674 valence electrons. The van der Waals surface area contributed by atoms with E-state index in [1.165, 1.54) is 85.6 Å². The fraction of sp³-hybridized carbons (Fsp3) is 0.457. The van der Waals surface area contributed by atoms with Gasteiger partial charge in [-0.25, -0.2) is 29.9 Å². The van der Waals surface area contributed by atoms with Crippen LogP contribution in [0.4, 0.5) is 0 Å². The largest absolute Gasteiger partial charge is 0.381 e. The Labute approximate surface area is 768 Å². The number of benzene rings is 5. The molecule has 0 aliphatic carbocycles. The van der Waals surface area contributed by atoms with E-state index in [0.29, 0.717) is 107 Å². The molecule has 7 N–H and O–H groups in total. The normalized spacial score (nSPS) is 15.6. The Morgan fingerprint density at radius 2 is 0.748 bits per heavy atom. The highest BCUT2D eigenvalue weighted by atomic mass is 32.1. The summed E-state index contributed by atoms with van der Waals surface area (Å²) in [5.41, 5.74) is 11.2. The van der Waals surface area contributed by atoms with Crippen molar-refractivity contribution in [2.45, 2.75) is 225 Å². The molecule has 127 heavy (non-hydrogen) atoms. The molecule has 7 atom stereocenters. The SMILES string of the molecule is CCCCC[C@H](NC(=O)C1CCCO1)C(=O)c1nc2ccccc2s1.CCCCC[C@H](NC(=O)C1CCCOC1)C(=O)c1nc2ccccc2s1.CCCCC[C@H](NC(=O)C1CCOCC1)C(=O)c1nc2ccccc2s1.CCCCC[C@H](NC(=O)c1nccs1)C(=O)c1nc2ccccc2s1.NCCCC[C@H](NC(=O)c1cncs1)C(=O)c1nc2ccccc2s1. The number of amides is 5. The molecule has 0 spiro atoms. The van der Waals surface area contributed by atoms with E-state index in [9.17, 15) is 47.9 Å². The number of para-hydroxylation sites is 5. The second kappa shape index (κ2) is 52.1. The summed E-state index contributed by atoms with van der Waals surface area (Å²) in [6, 6.07) is 35.8. The molecule has 2 unspecified atom stereocenters. The van der Waals surface area contributed by atoms with Crippen LogP contribution in [0.3, 0.4) is 0 Å². The highest BCUT2D eigenvalue weighted by Crippen LogP contribution is 2.31. The van der Waals surface area contributed by atoms with Gasteiger partial charge >= 0.3 is 0 Å². The number of ether oxygens (including phenoxy) is 3. The molecule has 3 saturated heterocycles.